The van der Waals surface area contributed by atoms with Crippen LogP contribution in [0.2, 0.25) is 0 Å². The van der Waals surface area contributed by atoms with Crippen molar-refractivity contribution in [2.75, 3.05) is 31.9 Å². The molecule has 2 fully saturated rings. The predicted molar refractivity (Wildman–Crippen MR) is 75.9 cm³/mol. The van der Waals surface area contributed by atoms with Crippen molar-refractivity contribution in [3.05, 3.63) is 29.3 Å². The van der Waals surface area contributed by atoms with Gasteiger partial charge in [-0.2, -0.15) is 0 Å². The number of nitrogens with zero attached hydrogens (tertiary/aromatic N) is 2. The number of fused-ring (bicyclic) bond motifs is 1. The van der Waals surface area contributed by atoms with Crippen molar-refractivity contribution < 1.29 is 13.6 Å². The molecule has 0 radical (unpaired) electrons. The summed E-state index contributed by atoms with van der Waals surface area (Å²) >= 11 is 0. The topological polar surface area (TPSA) is 49.6 Å². The van der Waals surface area contributed by atoms with Crippen LogP contribution in [0, 0.1) is 11.6 Å². The number of rotatable bonds is 1. The van der Waals surface area contributed by atoms with Crippen LogP contribution in [0.1, 0.15) is 29.6 Å². The van der Waals surface area contributed by atoms with Crippen molar-refractivity contribution in [2.24, 2.45) is 0 Å². The summed E-state index contributed by atoms with van der Waals surface area (Å²) in [5.74, 6) is -2.08. The highest BCUT2D eigenvalue weighted by molar-refractivity contribution is 5.94. The molecule has 2 heterocycles. The highest BCUT2D eigenvalue weighted by atomic mass is 19.1. The van der Waals surface area contributed by atoms with Crippen molar-refractivity contribution in [1.82, 2.24) is 9.80 Å². The van der Waals surface area contributed by atoms with Gasteiger partial charge in [-0.25, -0.2) is 8.78 Å². The Balaban J connectivity index is 1.81. The van der Waals surface area contributed by atoms with Crippen molar-refractivity contribution in [3.63, 3.8) is 0 Å². The molecule has 0 aromatic heterocycles. The molecule has 6 heteroatoms. The van der Waals surface area contributed by atoms with E-state index in [2.05, 4.69) is 4.90 Å². The van der Waals surface area contributed by atoms with Gasteiger partial charge in [0.2, 0.25) is 0 Å². The number of carbonyl (C=O) groups is 1. The zero-order valence-electron chi connectivity index (χ0n) is 11.8. The summed E-state index contributed by atoms with van der Waals surface area (Å²) in [7, 11) is 0. The highest BCUT2D eigenvalue weighted by Crippen LogP contribution is 2.23. The van der Waals surface area contributed by atoms with Crippen molar-refractivity contribution in [1.29, 1.82) is 0 Å². The molecule has 2 N–H and O–H groups in total. The lowest BCUT2D eigenvalue weighted by Gasteiger charge is -2.25. The molecule has 1 atom stereocenters. The van der Waals surface area contributed by atoms with E-state index < -0.39 is 17.3 Å². The first kappa shape index (κ1) is 14.3. The van der Waals surface area contributed by atoms with Crippen LogP contribution in [-0.2, 0) is 0 Å². The fraction of sp³-hybridized carbons (Fsp3) is 0.533. The van der Waals surface area contributed by atoms with E-state index in [0.717, 1.165) is 44.5 Å². The van der Waals surface area contributed by atoms with E-state index in [9.17, 15) is 13.6 Å². The van der Waals surface area contributed by atoms with Crippen LogP contribution in [0.25, 0.3) is 0 Å². The maximum absolute atomic E-state index is 13.5. The van der Waals surface area contributed by atoms with Gasteiger partial charge < -0.3 is 10.6 Å². The second-order valence-corrected chi connectivity index (χ2v) is 5.79. The SMILES string of the molecule is Nc1c(F)cc(C(=O)N2CCCN3CCCC3C2)cc1F. The second kappa shape index (κ2) is 5.60. The molecule has 114 valence electrons. The number of hydrogen-bond donors (Lipinski definition) is 1. The fourth-order valence-corrected chi connectivity index (χ4v) is 3.28. The van der Waals surface area contributed by atoms with E-state index in [1.807, 2.05) is 0 Å². The van der Waals surface area contributed by atoms with Crippen LogP contribution in [0.5, 0.6) is 0 Å². The molecule has 0 saturated carbocycles. The number of amides is 1. The van der Waals surface area contributed by atoms with E-state index >= 15 is 0 Å². The number of nitrogen functional groups attached to an aromatic ring is 1. The Morgan fingerprint density at radius 3 is 2.52 bits per heavy atom. The zero-order chi connectivity index (χ0) is 15.0. The van der Waals surface area contributed by atoms with E-state index in [0.29, 0.717) is 19.1 Å². The standard InChI is InChI=1S/C15H19F2N3O/c16-12-7-10(8-13(17)14(12)18)15(21)20-6-2-5-19-4-1-3-11(19)9-20/h7-8,11H,1-6,9,18H2. The Morgan fingerprint density at radius 1 is 1.14 bits per heavy atom. The van der Waals surface area contributed by atoms with Gasteiger partial charge in [0.1, 0.15) is 17.3 Å². The van der Waals surface area contributed by atoms with Crippen LogP contribution in [0.3, 0.4) is 0 Å². The number of anilines is 1. The Kier molecular flexibility index (Phi) is 3.80. The minimum absolute atomic E-state index is 0.0330. The molecular weight excluding hydrogens is 276 g/mol. The summed E-state index contributed by atoms with van der Waals surface area (Å²) in [5.41, 5.74) is 4.74. The lowest BCUT2D eigenvalue weighted by Crippen LogP contribution is -2.39. The van der Waals surface area contributed by atoms with Gasteiger partial charge in [0.25, 0.3) is 5.91 Å². The molecule has 0 spiro atoms. The molecule has 1 aromatic carbocycles. The van der Waals surface area contributed by atoms with Crippen LogP contribution >= 0.6 is 0 Å². The summed E-state index contributed by atoms with van der Waals surface area (Å²) in [6.07, 6.45) is 3.12. The number of nitrogens with two attached hydrogens (primary N) is 1. The van der Waals surface area contributed by atoms with Gasteiger partial charge in [0.05, 0.1) is 0 Å². The quantitative estimate of drug-likeness (QED) is 0.805. The van der Waals surface area contributed by atoms with Crippen molar-refractivity contribution in [2.45, 2.75) is 25.3 Å². The van der Waals surface area contributed by atoms with Gasteiger partial charge in [-0.1, -0.05) is 0 Å². The largest absolute Gasteiger partial charge is 0.394 e. The highest BCUT2D eigenvalue weighted by Gasteiger charge is 2.31. The average Bonchev–Trinajstić information content (AvgIpc) is 2.80. The normalized spacial score (nSPS) is 23.0. The smallest absolute Gasteiger partial charge is 0.254 e. The average molecular weight is 295 g/mol. The van der Waals surface area contributed by atoms with Gasteiger partial charge >= 0.3 is 0 Å². The maximum Gasteiger partial charge on any atom is 0.254 e. The minimum atomic E-state index is -0.879. The van der Waals surface area contributed by atoms with E-state index in [-0.39, 0.29) is 11.5 Å². The van der Waals surface area contributed by atoms with Gasteiger partial charge in [0.15, 0.2) is 0 Å². The third kappa shape index (κ3) is 2.72. The van der Waals surface area contributed by atoms with Gasteiger partial charge in [0, 0.05) is 31.2 Å². The number of halogens is 2. The summed E-state index contributed by atoms with van der Waals surface area (Å²) in [6.45, 7) is 3.32. The zero-order valence-corrected chi connectivity index (χ0v) is 11.8. The molecule has 0 bridgehead atoms. The summed E-state index contributed by atoms with van der Waals surface area (Å²) in [6, 6.07) is 2.43. The van der Waals surface area contributed by atoms with Crippen molar-refractivity contribution >= 4 is 11.6 Å². The number of carbonyl (C=O) groups excluding carboxylic acids is 1. The van der Waals surface area contributed by atoms with Gasteiger partial charge in [-0.15, -0.1) is 0 Å². The summed E-state index contributed by atoms with van der Waals surface area (Å²) in [4.78, 5) is 16.6. The Morgan fingerprint density at radius 2 is 1.81 bits per heavy atom. The van der Waals surface area contributed by atoms with E-state index in [1.54, 1.807) is 4.90 Å². The molecule has 2 aliphatic rings. The Labute approximate surface area is 122 Å². The third-order valence-electron chi connectivity index (χ3n) is 4.42. The number of hydrogen-bond acceptors (Lipinski definition) is 3. The molecule has 2 saturated heterocycles. The maximum atomic E-state index is 13.5. The molecule has 0 aliphatic carbocycles. The van der Waals surface area contributed by atoms with E-state index in [4.69, 9.17) is 5.73 Å². The fourth-order valence-electron chi connectivity index (χ4n) is 3.28. The Hall–Kier alpha value is -1.69. The first-order valence-corrected chi connectivity index (χ1v) is 7.34. The molecule has 1 amide bonds. The monoisotopic (exact) mass is 295 g/mol. The molecule has 4 nitrogen and oxygen atoms in total. The molecule has 21 heavy (non-hydrogen) atoms. The predicted octanol–water partition coefficient (Wildman–Crippen LogP) is 1.86. The van der Waals surface area contributed by atoms with Gasteiger partial charge in [-0.3, -0.25) is 9.69 Å². The van der Waals surface area contributed by atoms with Crippen LogP contribution in [-0.4, -0.2) is 47.9 Å². The third-order valence-corrected chi connectivity index (χ3v) is 4.42. The lowest BCUT2D eigenvalue weighted by molar-refractivity contribution is 0.0742. The van der Waals surface area contributed by atoms with Crippen molar-refractivity contribution in [3.8, 4) is 0 Å². The number of benzene rings is 1. The molecule has 1 unspecified atom stereocenters. The molecule has 1 aromatic rings. The Bertz CT molecular complexity index is 541. The van der Waals surface area contributed by atoms with Crippen LogP contribution < -0.4 is 5.73 Å². The first-order valence-electron chi connectivity index (χ1n) is 7.34. The lowest BCUT2D eigenvalue weighted by atomic mass is 10.1. The van der Waals surface area contributed by atoms with Crippen LogP contribution in [0.15, 0.2) is 12.1 Å². The molecular formula is C15H19F2N3O. The first-order chi connectivity index (χ1) is 10.1. The van der Waals surface area contributed by atoms with Crippen LogP contribution in [0.4, 0.5) is 14.5 Å². The molecule has 2 aliphatic heterocycles. The minimum Gasteiger partial charge on any atom is -0.394 e. The second-order valence-electron chi connectivity index (χ2n) is 5.79. The summed E-state index contributed by atoms with van der Waals surface area (Å²) < 4.78 is 27.0. The molecule has 3 rings (SSSR count). The van der Waals surface area contributed by atoms with E-state index in [1.165, 1.54) is 0 Å². The van der Waals surface area contributed by atoms with Gasteiger partial charge in [-0.05, 0) is 37.9 Å². The summed E-state index contributed by atoms with van der Waals surface area (Å²) in [5, 5.41) is 0.